The molecular weight excluding hydrogens is 544 g/mol. The van der Waals surface area contributed by atoms with Crippen molar-refractivity contribution in [1.29, 1.82) is 0 Å². The Balaban J connectivity index is 1.59. The Labute approximate surface area is 265 Å². The van der Waals surface area contributed by atoms with Crippen LogP contribution in [0.5, 0.6) is 0 Å². The predicted octanol–water partition coefficient (Wildman–Crippen LogP) is 12.4. The Hall–Kier alpha value is -5.86. The van der Waals surface area contributed by atoms with Gasteiger partial charge in [-0.2, -0.15) is 0 Å². The van der Waals surface area contributed by atoms with Crippen LogP contribution in [0.3, 0.4) is 0 Å². The maximum Gasteiger partial charge on any atom is 0.0546 e. The Morgan fingerprint density at radius 3 is 1.40 bits per heavy atom. The van der Waals surface area contributed by atoms with Crippen LogP contribution in [0.15, 0.2) is 188 Å². The summed E-state index contributed by atoms with van der Waals surface area (Å²) < 4.78 is 0. The molecule has 2 heteroatoms. The van der Waals surface area contributed by atoms with E-state index in [1.54, 1.807) is 0 Å². The standard InChI is InChI=1S/C43H34N2/c1-3-5-19-32(4-2)44(33-20-9-6-10-21-33)42-30-40-37-27-16-18-29-39(37)43(31-41(40)36-26-15-17-28-38(36)42)45(34-22-11-7-12-23-34)35-24-13-8-14-25-35/h3-31H,2H2,1H3/b5-3-,32-19+. The van der Waals surface area contributed by atoms with Gasteiger partial charge in [0, 0.05) is 33.5 Å². The Kier molecular flexibility index (Phi) is 7.70. The van der Waals surface area contributed by atoms with Gasteiger partial charge in [0.05, 0.1) is 11.4 Å². The van der Waals surface area contributed by atoms with Crippen LogP contribution in [0, 0.1) is 0 Å². The summed E-state index contributed by atoms with van der Waals surface area (Å²) >= 11 is 0. The number of fused-ring (bicyclic) bond motifs is 5. The lowest BCUT2D eigenvalue weighted by molar-refractivity contribution is 1.22. The summed E-state index contributed by atoms with van der Waals surface area (Å²) in [5.41, 5.74) is 6.58. The van der Waals surface area contributed by atoms with Crippen molar-refractivity contribution in [1.82, 2.24) is 0 Å². The lowest BCUT2D eigenvalue weighted by Gasteiger charge is -2.30. The van der Waals surface area contributed by atoms with E-state index in [-0.39, 0.29) is 0 Å². The summed E-state index contributed by atoms with van der Waals surface area (Å²) in [5, 5.41) is 7.20. The topological polar surface area (TPSA) is 6.48 Å². The summed E-state index contributed by atoms with van der Waals surface area (Å²) in [5.74, 6) is 0. The van der Waals surface area contributed by atoms with Gasteiger partial charge in [0.25, 0.3) is 0 Å². The van der Waals surface area contributed by atoms with Gasteiger partial charge < -0.3 is 9.80 Å². The van der Waals surface area contributed by atoms with Crippen LogP contribution in [0.1, 0.15) is 6.92 Å². The van der Waals surface area contributed by atoms with Gasteiger partial charge in [0.15, 0.2) is 0 Å². The second-order valence-electron chi connectivity index (χ2n) is 11.0. The van der Waals surface area contributed by atoms with Crippen LogP contribution < -0.4 is 9.80 Å². The van der Waals surface area contributed by atoms with Crippen LogP contribution in [-0.4, -0.2) is 0 Å². The van der Waals surface area contributed by atoms with Crippen molar-refractivity contribution in [2.75, 3.05) is 9.80 Å². The number of hydrogen-bond acceptors (Lipinski definition) is 2. The van der Waals surface area contributed by atoms with E-state index in [9.17, 15) is 0 Å². The van der Waals surface area contributed by atoms with Gasteiger partial charge >= 0.3 is 0 Å². The monoisotopic (exact) mass is 578 g/mol. The first-order valence-electron chi connectivity index (χ1n) is 15.4. The molecular formula is C43H34N2. The number of nitrogens with zero attached hydrogens (tertiary/aromatic N) is 2. The molecule has 7 aromatic carbocycles. The van der Waals surface area contributed by atoms with Crippen molar-refractivity contribution < 1.29 is 0 Å². The summed E-state index contributed by atoms with van der Waals surface area (Å²) in [6, 6.07) is 54.1. The zero-order chi connectivity index (χ0) is 30.6. The van der Waals surface area contributed by atoms with E-state index >= 15 is 0 Å². The van der Waals surface area contributed by atoms with Crippen molar-refractivity contribution in [2.45, 2.75) is 6.92 Å². The number of benzene rings is 7. The lowest BCUT2D eigenvalue weighted by Crippen LogP contribution is -2.15. The maximum atomic E-state index is 4.22. The molecule has 0 unspecified atom stereocenters. The van der Waals surface area contributed by atoms with Gasteiger partial charge in [0.1, 0.15) is 0 Å². The highest BCUT2D eigenvalue weighted by atomic mass is 15.2. The van der Waals surface area contributed by atoms with Crippen LogP contribution in [0.4, 0.5) is 28.4 Å². The molecule has 216 valence electrons. The van der Waals surface area contributed by atoms with E-state index in [1.807, 2.05) is 19.1 Å². The number of allylic oxidation sites excluding steroid dienone is 4. The smallest absolute Gasteiger partial charge is 0.0546 e. The molecule has 7 aromatic rings. The van der Waals surface area contributed by atoms with E-state index in [0.29, 0.717) is 0 Å². The molecule has 7 rings (SSSR count). The van der Waals surface area contributed by atoms with Crippen molar-refractivity contribution in [3.8, 4) is 0 Å². The first kappa shape index (κ1) is 27.9. The van der Waals surface area contributed by atoms with Gasteiger partial charge in [0.2, 0.25) is 0 Å². The third-order valence-corrected chi connectivity index (χ3v) is 8.29. The first-order chi connectivity index (χ1) is 22.3. The van der Waals surface area contributed by atoms with Crippen LogP contribution in [0.25, 0.3) is 32.3 Å². The summed E-state index contributed by atoms with van der Waals surface area (Å²) in [6.45, 7) is 6.25. The summed E-state index contributed by atoms with van der Waals surface area (Å²) in [6.07, 6.45) is 8.17. The van der Waals surface area contributed by atoms with Gasteiger partial charge in [-0.1, -0.05) is 122 Å². The Bertz CT molecular complexity index is 2140. The van der Waals surface area contributed by atoms with E-state index < -0.39 is 0 Å². The highest BCUT2D eigenvalue weighted by Crippen LogP contribution is 2.46. The molecule has 0 atom stereocenters. The van der Waals surface area contributed by atoms with Crippen molar-refractivity contribution in [3.63, 3.8) is 0 Å². The molecule has 45 heavy (non-hydrogen) atoms. The van der Waals surface area contributed by atoms with Gasteiger partial charge in [-0.15, -0.1) is 0 Å². The maximum absolute atomic E-state index is 4.22. The van der Waals surface area contributed by atoms with Crippen LogP contribution >= 0.6 is 0 Å². The largest absolute Gasteiger partial charge is 0.310 e. The SMILES string of the molecule is C=C/C(=C\C=C/C)N(c1ccccc1)c1cc2c3ccccc3c(N(c3ccccc3)c3ccccc3)cc2c2ccccc12. The fourth-order valence-electron chi connectivity index (χ4n) is 6.30. The molecule has 0 aromatic heterocycles. The minimum Gasteiger partial charge on any atom is -0.310 e. The van der Waals surface area contributed by atoms with E-state index in [4.69, 9.17) is 0 Å². The Morgan fingerprint density at radius 2 is 0.911 bits per heavy atom. The van der Waals surface area contributed by atoms with E-state index in [2.05, 4.69) is 180 Å². The molecule has 0 aliphatic heterocycles. The quantitative estimate of drug-likeness (QED) is 0.131. The molecule has 0 amide bonds. The van der Waals surface area contributed by atoms with E-state index in [1.165, 1.54) is 32.3 Å². The molecule has 0 aliphatic carbocycles. The third-order valence-electron chi connectivity index (χ3n) is 8.29. The lowest BCUT2D eigenvalue weighted by atomic mass is 9.93. The number of para-hydroxylation sites is 3. The molecule has 0 heterocycles. The molecule has 0 saturated carbocycles. The highest BCUT2D eigenvalue weighted by molar-refractivity contribution is 6.24. The van der Waals surface area contributed by atoms with Crippen molar-refractivity contribution in [3.05, 3.63) is 188 Å². The van der Waals surface area contributed by atoms with Crippen molar-refractivity contribution in [2.24, 2.45) is 0 Å². The second-order valence-corrected chi connectivity index (χ2v) is 11.0. The molecule has 0 saturated heterocycles. The fraction of sp³-hybridized carbons (Fsp3) is 0.0233. The minimum absolute atomic E-state index is 1.00. The van der Waals surface area contributed by atoms with E-state index in [0.717, 1.165) is 34.1 Å². The molecule has 2 nitrogen and oxygen atoms in total. The molecule has 0 aliphatic rings. The van der Waals surface area contributed by atoms with Gasteiger partial charge in [-0.05, 0) is 89.2 Å². The molecule has 0 radical (unpaired) electrons. The molecule has 0 fully saturated rings. The Morgan fingerprint density at radius 1 is 0.489 bits per heavy atom. The average Bonchev–Trinajstić information content (AvgIpc) is 3.11. The zero-order valence-corrected chi connectivity index (χ0v) is 25.3. The van der Waals surface area contributed by atoms with Crippen molar-refractivity contribution >= 4 is 60.8 Å². The highest BCUT2D eigenvalue weighted by Gasteiger charge is 2.21. The second kappa shape index (κ2) is 12.4. The first-order valence-corrected chi connectivity index (χ1v) is 15.4. The minimum atomic E-state index is 1.00. The van der Waals surface area contributed by atoms with Crippen LogP contribution in [-0.2, 0) is 0 Å². The molecule has 0 spiro atoms. The molecule has 0 bridgehead atoms. The number of rotatable bonds is 8. The normalized spacial score (nSPS) is 11.8. The number of hydrogen-bond donors (Lipinski definition) is 0. The predicted molar refractivity (Wildman–Crippen MR) is 195 cm³/mol. The number of anilines is 5. The summed E-state index contributed by atoms with van der Waals surface area (Å²) in [4.78, 5) is 4.69. The zero-order valence-electron chi connectivity index (χ0n) is 25.3. The van der Waals surface area contributed by atoms with Gasteiger partial charge in [-0.3, -0.25) is 0 Å². The summed E-state index contributed by atoms with van der Waals surface area (Å²) in [7, 11) is 0. The average molecular weight is 579 g/mol. The third kappa shape index (κ3) is 5.17. The van der Waals surface area contributed by atoms with Crippen LogP contribution in [0.2, 0.25) is 0 Å². The molecule has 0 N–H and O–H groups in total. The fourth-order valence-corrected chi connectivity index (χ4v) is 6.30. The van der Waals surface area contributed by atoms with Gasteiger partial charge in [-0.25, -0.2) is 0 Å².